The van der Waals surface area contributed by atoms with Gasteiger partial charge in [-0.25, -0.2) is 4.79 Å². The fourth-order valence-corrected chi connectivity index (χ4v) is 1.66. The number of aliphatic hydroxyl groups excluding tert-OH is 3. The van der Waals surface area contributed by atoms with Crippen molar-refractivity contribution in [3.8, 4) is 0 Å². The van der Waals surface area contributed by atoms with Gasteiger partial charge >= 0.3 is 6.03 Å². The van der Waals surface area contributed by atoms with Crippen molar-refractivity contribution in [2.45, 2.75) is 32.0 Å². The second-order valence-corrected chi connectivity index (χ2v) is 4.67. The van der Waals surface area contributed by atoms with Crippen molar-refractivity contribution in [2.24, 2.45) is 5.29 Å². The molecule has 0 aliphatic rings. The lowest BCUT2D eigenvalue weighted by molar-refractivity contribution is -0.0262. The predicted octanol–water partition coefficient (Wildman–Crippen LogP) is 0.145. The normalized spacial score (nSPS) is 13.7. The van der Waals surface area contributed by atoms with Crippen molar-refractivity contribution in [3.05, 3.63) is 4.91 Å². The van der Waals surface area contributed by atoms with Crippen LogP contribution in [0.4, 0.5) is 4.79 Å². The lowest BCUT2D eigenvalue weighted by Gasteiger charge is -2.29. The van der Waals surface area contributed by atoms with Gasteiger partial charge in [0.15, 0.2) is 0 Å². The standard InChI is InChI=1S/C11H22ClN3O5/c1-2-3-5-14(7-9(17)10(18)8-16)11(19)15(13-20)6-4-12/h9-10,16-18H,2-8H2,1H3/t9-,10+/m0/s1. The highest BCUT2D eigenvalue weighted by Gasteiger charge is 2.26. The average molecular weight is 312 g/mol. The highest BCUT2D eigenvalue weighted by Crippen LogP contribution is 2.06. The Morgan fingerprint density at radius 2 is 1.95 bits per heavy atom. The van der Waals surface area contributed by atoms with E-state index in [1.165, 1.54) is 4.90 Å². The quantitative estimate of drug-likeness (QED) is 0.302. The van der Waals surface area contributed by atoms with Crippen LogP contribution in [0.5, 0.6) is 0 Å². The number of nitroso groups, excluding NO2 is 1. The van der Waals surface area contributed by atoms with Crippen LogP contribution in [-0.4, -0.2) is 75.6 Å². The van der Waals surface area contributed by atoms with Crippen molar-refractivity contribution in [1.82, 2.24) is 9.91 Å². The van der Waals surface area contributed by atoms with Crippen LogP contribution < -0.4 is 0 Å². The average Bonchev–Trinajstić information content (AvgIpc) is 2.47. The highest BCUT2D eigenvalue weighted by molar-refractivity contribution is 6.18. The van der Waals surface area contributed by atoms with Crippen molar-refractivity contribution in [3.63, 3.8) is 0 Å². The lowest BCUT2D eigenvalue weighted by Crippen LogP contribution is -2.48. The first kappa shape index (κ1) is 19.0. The van der Waals surface area contributed by atoms with Crippen LogP contribution in [0.2, 0.25) is 0 Å². The number of hydrogen-bond acceptors (Lipinski definition) is 6. The molecule has 0 bridgehead atoms. The highest BCUT2D eigenvalue weighted by atomic mass is 35.5. The van der Waals surface area contributed by atoms with Crippen LogP contribution >= 0.6 is 11.6 Å². The van der Waals surface area contributed by atoms with E-state index >= 15 is 0 Å². The van der Waals surface area contributed by atoms with Crippen molar-refractivity contribution >= 4 is 17.6 Å². The fraction of sp³-hybridized carbons (Fsp3) is 0.909. The molecule has 0 fully saturated rings. The van der Waals surface area contributed by atoms with E-state index in [-0.39, 0.29) is 19.0 Å². The number of halogens is 1. The molecule has 118 valence electrons. The van der Waals surface area contributed by atoms with Crippen LogP contribution in [-0.2, 0) is 0 Å². The molecule has 0 radical (unpaired) electrons. The first-order chi connectivity index (χ1) is 9.51. The molecule has 0 unspecified atom stereocenters. The molecule has 9 heteroatoms. The Hall–Kier alpha value is -0.960. The summed E-state index contributed by atoms with van der Waals surface area (Å²) in [6, 6.07) is -0.682. The van der Waals surface area contributed by atoms with Gasteiger partial charge in [-0.2, -0.15) is 5.01 Å². The molecule has 0 heterocycles. The number of rotatable bonds is 10. The summed E-state index contributed by atoms with van der Waals surface area (Å²) < 4.78 is 0. The molecule has 0 rings (SSSR count). The minimum absolute atomic E-state index is 0.0365. The van der Waals surface area contributed by atoms with Gasteiger partial charge in [0.2, 0.25) is 0 Å². The monoisotopic (exact) mass is 311 g/mol. The molecule has 20 heavy (non-hydrogen) atoms. The molecule has 0 aromatic carbocycles. The van der Waals surface area contributed by atoms with Crippen LogP contribution in [0.25, 0.3) is 0 Å². The van der Waals surface area contributed by atoms with Gasteiger partial charge in [0.25, 0.3) is 0 Å². The summed E-state index contributed by atoms with van der Waals surface area (Å²) >= 11 is 5.47. The zero-order valence-electron chi connectivity index (χ0n) is 11.5. The largest absolute Gasteiger partial charge is 0.394 e. The summed E-state index contributed by atoms with van der Waals surface area (Å²) in [4.78, 5) is 23.9. The molecule has 3 N–H and O–H groups in total. The smallest absolute Gasteiger partial charge is 0.343 e. The Morgan fingerprint density at radius 3 is 2.40 bits per heavy atom. The van der Waals surface area contributed by atoms with Crippen LogP contribution in [0, 0.1) is 4.91 Å². The second-order valence-electron chi connectivity index (χ2n) is 4.29. The number of hydrogen-bond donors (Lipinski definition) is 3. The SMILES string of the molecule is CCCCN(C[C@H](O)[C@H](O)CO)C(=O)N(CCCl)N=O. The molecule has 0 aromatic heterocycles. The maximum atomic E-state index is 12.1. The maximum absolute atomic E-state index is 12.1. The predicted molar refractivity (Wildman–Crippen MR) is 74.2 cm³/mol. The van der Waals surface area contributed by atoms with Gasteiger partial charge in [-0.05, 0) is 6.42 Å². The van der Waals surface area contributed by atoms with E-state index < -0.39 is 24.8 Å². The number of carbonyl (C=O) groups excluding carboxylic acids is 1. The summed E-state index contributed by atoms with van der Waals surface area (Å²) in [5.74, 6) is 0.0565. The number of carbonyl (C=O) groups is 1. The van der Waals surface area contributed by atoms with E-state index in [0.29, 0.717) is 18.0 Å². The molecule has 2 atom stereocenters. The first-order valence-corrected chi connectivity index (χ1v) is 6.97. The number of aliphatic hydroxyl groups is 3. The molecule has 0 saturated heterocycles. The Labute approximate surface area is 122 Å². The molecule has 0 aromatic rings. The summed E-state index contributed by atoms with van der Waals surface area (Å²) in [6.45, 7) is 1.38. The zero-order chi connectivity index (χ0) is 15.5. The van der Waals surface area contributed by atoms with Crippen molar-refractivity contribution in [2.75, 3.05) is 32.1 Å². The summed E-state index contributed by atoms with van der Waals surface area (Å²) in [5, 5.41) is 31.0. The minimum atomic E-state index is -1.35. The molecule has 0 saturated carbocycles. The Kier molecular flexibility index (Phi) is 10.3. The second kappa shape index (κ2) is 10.8. The van der Waals surface area contributed by atoms with Gasteiger partial charge < -0.3 is 20.2 Å². The maximum Gasteiger partial charge on any atom is 0.343 e. The van der Waals surface area contributed by atoms with Crippen molar-refractivity contribution < 1.29 is 20.1 Å². The molecular formula is C11H22ClN3O5. The van der Waals surface area contributed by atoms with E-state index in [1.807, 2.05) is 6.92 Å². The number of nitrogens with zero attached hydrogens (tertiary/aromatic N) is 3. The lowest BCUT2D eigenvalue weighted by atomic mass is 10.2. The molecule has 0 aliphatic heterocycles. The van der Waals surface area contributed by atoms with Crippen LogP contribution in [0.1, 0.15) is 19.8 Å². The van der Waals surface area contributed by atoms with E-state index in [4.69, 9.17) is 16.7 Å². The number of urea groups is 1. The van der Waals surface area contributed by atoms with Crippen LogP contribution in [0.15, 0.2) is 5.29 Å². The summed E-state index contributed by atoms with van der Waals surface area (Å²) in [7, 11) is 0. The summed E-state index contributed by atoms with van der Waals surface area (Å²) in [5.41, 5.74) is 0. The Bertz CT molecular complexity index is 295. The third kappa shape index (κ3) is 6.47. The number of unbranched alkanes of at least 4 members (excludes halogenated alkanes) is 1. The Balaban J connectivity index is 4.75. The van der Waals surface area contributed by atoms with Gasteiger partial charge in [0.1, 0.15) is 6.10 Å². The Morgan fingerprint density at radius 1 is 1.30 bits per heavy atom. The minimum Gasteiger partial charge on any atom is -0.394 e. The fourth-order valence-electron chi connectivity index (χ4n) is 1.50. The number of alkyl halides is 1. The van der Waals surface area contributed by atoms with Gasteiger partial charge in [0.05, 0.1) is 31.1 Å². The molecule has 0 aliphatic carbocycles. The van der Waals surface area contributed by atoms with E-state index in [0.717, 1.165) is 6.42 Å². The zero-order valence-corrected chi connectivity index (χ0v) is 12.2. The molecule has 0 spiro atoms. The molecule has 8 nitrogen and oxygen atoms in total. The van der Waals surface area contributed by atoms with E-state index in [1.54, 1.807) is 0 Å². The van der Waals surface area contributed by atoms with Gasteiger partial charge in [-0.3, -0.25) is 0 Å². The third-order valence-corrected chi connectivity index (χ3v) is 2.88. The third-order valence-electron chi connectivity index (χ3n) is 2.71. The molecule has 2 amide bonds. The summed E-state index contributed by atoms with van der Waals surface area (Å²) in [6.07, 6.45) is -1.17. The molecular weight excluding hydrogens is 290 g/mol. The van der Waals surface area contributed by atoms with Gasteiger partial charge in [0, 0.05) is 12.4 Å². The van der Waals surface area contributed by atoms with Crippen LogP contribution in [0.3, 0.4) is 0 Å². The number of amides is 2. The van der Waals surface area contributed by atoms with Crippen molar-refractivity contribution in [1.29, 1.82) is 0 Å². The van der Waals surface area contributed by atoms with E-state index in [2.05, 4.69) is 5.29 Å². The van der Waals surface area contributed by atoms with E-state index in [9.17, 15) is 19.9 Å². The van der Waals surface area contributed by atoms with Gasteiger partial charge in [-0.15, -0.1) is 16.5 Å². The van der Waals surface area contributed by atoms with Gasteiger partial charge in [-0.1, -0.05) is 13.3 Å². The topological polar surface area (TPSA) is 114 Å². The first-order valence-electron chi connectivity index (χ1n) is 6.44.